The molecule has 5 nitrogen and oxygen atoms in total. The van der Waals surface area contributed by atoms with E-state index in [-0.39, 0.29) is 11.5 Å². The van der Waals surface area contributed by atoms with Crippen molar-refractivity contribution in [3.05, 3.63) is 29.3 Å². The number of thioether (sulfide) groups is 1. The molecule has 0 aliphatic heterocycles. The molecule has 0 aromatic heterocycles. The summed E-state index contributed by atoms with van der Waals surface area (Å²) in [6, 6.07) is 6.24. The molecule has 0 N–H and O–H groups in total. The number of carbonyl (C=O) groups excluding carboxylic acids is 2. The summed E-state index contributed by atoms with van der Waals surface area (Å²) >= 11 is 6.85. The van der Waals surface area contributed by atoms with Crippen LogP contribution in [0, 0.1) is 0 Å². The number of hydrogen-bond donors (Lipinski definition) is 0. The summed E-state index contributed by atoms with van der Waals surface area (Å²) in [5, 5.41) is 5.91. The van der Waals surface area contributed by atoms with Crippen LogP contribution in [0.5, 0.6) is 0 Å². The van der Waals surface area contributed by atoms with Crippen LogP contribution in [0.2, 0.25) is 5.02 Å². The average Bonchev–Trinajstić information content (AvgIpc) is 2.46. The fraction of sp³-hybridized carbons (Fsp3) is 0.357. The molecule has 0 amide bonds. The number of halogens is 1. The number of benzene rings is 1. The molecule has 0 saturated heterocycles. The van der Waals surface area contributed by atoms with Crippen molar-refractivity contribution < 1.29 is 14.3 Å². The molecule has 0 aliphatic carbocycles. The smallest absolute Gasteiger partial charge is 0.308 e. The van der Waals surface area contributed by atoms with Gasteiger partial charge in [-0.3, -0.25) is 14.6 Å². The zero-order valence-corrected chi connectivity index (χ0v) is 13.6. The van der Waals surface area contributed by atoms with Crippen molar-refractivity contribution in [1.29, 1.82) is 0 Å². The topological polar surface area (TPSA) is 59.0 Å². The third kappa shape index (κ3) is 5.77. The molecule has 7 heteroatoms. The van der Waals surface area contributed by atoms with Gasteiger partial charge in [-0.05, 0) is 43.0 Å². The Bertz CT molecular complexity index is 519. The van der Waals surface area contributed by atoms with Crippen LogP contribution >= 0.6 is 23.4 Å². The van der Waals surface area contributed by atoms with E-state index in [1.807, 2.05) is 0 Å². The second-order valence-corrected chi connectivity index (χ2v) is 5.63. The lowest BCUT2D eigenvalue weighted by Crippen LogP contribution is -2.36. The Hall–Kier alpha value is -1.53. The summed E-state index contributed by atoms with van der Waals surface area (Å²) in [6.07, 6.45) is 1.51. The molecule has 0 radical (unpaired) electrons. The van der Waals surface area contributed by atoms with Gasteiger partial charge in [0.15, 0.2) is 0 Å². The van der Waals surface area contributed by atoms with Crippen LogP contribution in [-0.2, 0) is 14.3 Å². The fourth-order valence-electron chi connectivity index (χ4n) is 1.56. The molecule has 0 fully saturated rings. The molecule has 1 unspecified atom stereocenters. The number of carbonyl (C=O) groups is 2. The minimum Gasteiger partial charge on any atom is -0.469 e. The quantitative estimate of drug-likeness (QED) is 0.348. The molecule has 0 saturated carbocycles. The number of ether oxygens (including phenoxy) is 1. The van der Waals surface area contributed by atoms with Crippen LogP contribution in [0.1, 0.15) is 13.3 Å². The van der Waals surface area contributed by atoms with Gasteiger partial charge in [-0.2, -0.15) is 5.10 Å². The highest BCUT2D eigenvalue weighted by molar-refractivity contribution is 8.13. The van der Waals surface area contributed by atoms with Crippen molar-refractivity contribution in [2.24, 2.45) is 5.10 Å². The zero-order valence-electron chi connectivity index (χ0n) is 12.1. The third-order valence-corrected chi connectivity index (χ3v) is 3.87. The van der Waals surface area contributed by atoms with Crippen LogP contribution < -0.4 is 0 Å². The molecule has 1 aromatic rings. The highest BCUT2D eigenvalue weighted by Crippen LogP contribution is 2.24. The lowest BCUT2D eigenvalue weighted by atomic mass is 10.2. The Labute approximate surface area is 133 Å². The van der Waals surface area contributed by atoms with Crippen LogP contribution in [-0.4, -0.2) is 42.5 Å². The summed E-state index contributed by atoms with van der Waals surface area (Å²) in [4.78, 5) is 24.6. The summed E-state index contributed by atoms with van der Waals surface area (Å²) in [6.45, 7) is 1.74. The average molecular weight is 329 g/mol. The number of hydrogen-bond acceptors (Lipinski definition) is 6. The number of hydrazone groups is 1. The van der Waals surface area contributed by atoms with E-state index in [0.29, 0.717) is 5.02 Å². The monoisotopic (exact) mass is 328 g/mol. The predicted octanol–water partition coefficient (Wildman–Crippen LogP) is 2.83. The minimum atomic E-state index is -0.686. The molecule has 21 heavy (non-hydrogen) atoms. The van der Waals surface area contributed by atoms with E-state index in [4.69, 9.17) is 11.6 Å². The molecule has 0 bridgehead atoms. The Balaban J connectivity index is 2.83. The van der Waals surface area contributed by atoms with Gasteiger partial charge in [-0.15, -0.1) is 0 Å². The van der Waals surface area contributed by atoms with E-state index in [0.717, 1.165) is 16.7 Å². The molecule has 1 atom stereocenters. The highest BCUT2D eigenvalue weighted by atomic mass is 35.5. The summed E-state index contributed by atoms with van der Waals surface area (Å²) in [5.74, 6) is -0.455. The first kappa shape index (κ1) is 17.5. The maximum atomic E-state index is 12.4. The van der Waals surface area contributed by atoms with Crippen molar-refractivity contribution in [2.75, 3.05) is 14.2 Å². The number of nitrogens with zero attached hydrogens (tertiary/aromatic N) is 2. The van der Waals surface area contributed by atoms with E-state index < -0.39 is 12.0 Å². The van der Waals surface area contributed by atoms with E-state index >= 15 is 0 Å². The maximum absolute atomic E-state index is 12.4. The molecular formula is C14H17ClN2O3S. The molecule has 0 spiro atoms. The molecule has 0 aliphatic rings. The fourth-order valence-corrected chi connectivity index (χ4v) is 2.56. The largest absolute Gasteiger partial charge is 0.469 e. The van der Waals surface area contributed by atoms with Crippen LogP contribution in [0.15, 0.2) is 34.3 Å². The lowest BCUT2D eigenvalue weighted by molar-refractivity contribution is -0.143. The van der Waals surface area contributed by atoms with Crippen LogP contribution in [0.4, 0.5) is 0 Å². The number of esters is 1. The van der Waals surface area contributed by atoms with E-state index in [2.05, 4.69) is 9.84 Å². The Kier molecular flexibility index (Phi) is 7.25. The normalized spacial score (nSPS) is 12.2. The standard InChI is InChI=1S/C14H17ClN2O3S/c1-4-16-17(2)12(9-13(18)20-3)14(19)21-11-7-5-10(15)6-8-11/h4-8,12H,9H2,1-3H3/b16-4+. The molecule has 1 aromatic carbocycles. The van der Waals surface area contributed by atoms with Crippen LogP contribution in [0.3, 0.4) is 0 Å². The first-order chi connectivity index (χ1) is 9.97. The van der Waals surface area contributed by atoms with Crippen molar-refractivity contribution in [3.63, 3.8) is 0 Å². The summed E-state index contributed by atoms with van der Waals surface area (Å²) in [7, 11) is 2.94. The van der Waals surface area contributed by atoms with Gasteiger partial charge in [-0.1, -0.05) is 11.6 Å². The second kappa shape index (κ2) is 8.69. The van der Waals surface area contributed by atoms with Gasteiger partial charge in [0, 0.05) is 23.2 Å². The molecule has 0 heterocycles. The van der Waals surface area contributed by atoms with Crippen molar-refractivity contribution in [2.45, 2.75) is 24.3 Å². The summed E-state index contributed by atoms with van der Waals surface area (Å²) in [5.41, 5.74) is 0. The van der Waals surface area contributed by atoms with Gasteiger partial charge >= 0.3 is 5.97 Å². The highest BCUT2D eigenvalue weighted by Gasteiger charge is 2.26. The van der Waals surface area contributed by atoms with Gasteiger partial charge < -0.3 is 4.74 Å². The minimum absolute atomic E-state index is 0.0518. The Morgan fingerprint density at radius 3 is 2.57 bits per heavy atom. The van der Waals surface area contributed by atoms with Gasteiger partial charge in [0.2, 0.25) is 5.12 Å². The van der Waals surface area contributed by atoms with Gasteiger partial charge in [0.1, 0.15) is 6.04 Å². The maximum Gasteiger partial charge on any atom is 0.308 e. The third-order valence-electron chi connectivity index (χ3n) is 2.64. The SMILES string of the molecule is C/C=N/N(C)C(CC(=O)OC)C(=O)Sc1ccc(Cl)cc1. The molecule has 1 rings (SSSR count). The molecule has 114 valence electrons. The Morgan fingerprint density at radius 1 is 1.43 bits per heavy atom. The predicted molar refractivity (Wildman–Crippen MR) is 84.7 cm³/mol. The van der Waals surface area contributed by atoms with Crippen LogP contribution in [0.25, 0.3) is 0 Å². The van der Waals surface area contributed by atoms with Crippen molar-refractivity contribution in [1.82, 2.24) is 5.01 Å². The Morgan fingerprint density at radius 2 is 2.05 bits per heavy atom. The second-order valence-electron chi connectivity index (χ2n) is 4.12. The van der Waals surface area contributed by atoms with Gasteiger partial charge in [-0.25, -0.2) is 0 Å². The van der Waals surface area contributed by atoms with E-state index in [1.54, 1.807) is 44.5 Å². The van der Waals surface area contributed by atoms with Crippen molar-refractivity contribution >= 4 is 40.7 Å². The van der Waals surface area contributed by atoms with Gasteiger partial charge in [0.25, 0.3) is 0 Å². The van der Waals surface area contributed by atoms with Crippen molar-refractivity contribution in [3.8, 4) is 0 Å². The first-order valence-electron chi connectivity index (χ1n) is 6.23. The zero-order chi connectivity index (χ0) is 15.8. The number of rotatable bonds is 6. The molecular weight excluding hydrogens is 312 g/mol. The number of likely N-dealkylation sites (N-methyl/N-ethyl adjacent to an activating group) is 1. The van der Waals surface area contributed by atoms with E-state index in [9.17, 15) is 9.59 Å². The summed E-state index contributed by atoms with van der Waals surface area (Å²) < 4.78 is 4.63. The lowest BCUT2D eigenvalue weighted by Gasteiger charge is -2.22. The van der Waals surface area contributed by atoms with E-state index in [1.165, 1.54) is 12.1 Å². The first-order valence-corrected chi connectivity index (χ1v) is 7.43. The van der Waals surface area contributed by atoms with Gasteiger partial charge in [0.05, 0.1) is 13.5 Å². The number of methoxy groups -OCH3 is 1.